The zero-order valence-electron chi connectivity index (χ0n) is 18.3. The third-order valence-corrected chi connectivity index (χ3v) is 6.81. The second-order valence-electron chi connectivity index (χ2n) is 8.56. The van der Waals surface area contributed by atoms with Crippen LogP contribution in [0.5, 0.6) is 0 Å². The molecule has 2 aliphatic rings. The van der Waals surface area contributed by atoms with Gasteiger partial charge in [-0.3, -0.25) is 9.36 Å². The van der Waals surface area contributed by atoms with E-state index in [1.165, 1.54) is 18.9 Å². The molecular formula is C22H25N5O5S. The van der Waals surface area contributed by atoms with Gasteiger partial charge in [0.2, 0.25) is 10.6 Å². The van der Waals surface area contributed by atoms with Crippen molar-refractivity contribution in [1.29, 1.82) is 0 Å². The van der Waals surface area contributed by atoms with Crippen LogP contribution in [0.15, 0.2) is 23.4 Å². The number of hydrogen-bond acceptors (Lipinski definition) is 9. The predicted octanol–water partition coefficient (Wildman–Crippen LogP) is 2.27. The molecule has 0 aliphatic carbocycles. The summed E-state index contributed by atoms with van der Waals surface area (Å²) in [5.41, 5.74) is 0.189. The first-order valence-corrected chi connectivity index (χ1v) is 11.8. The highest BCUT2D eigenvalue weighted by atomic mass is 32.1. The average Bonchev–Trinajstić information content (AvgIpc) is 3.30. The molecule has 0 amide bonds. The minimum atomic E-state index is -1.28. The minimum absolute atomic E-state index is 0.215. The summed E-state index contributed by atoms with van der Waals surface area (Å²) in [4.78, 5) is 35.6. The van der Waals surface area contributed by atoms with Crippen molar-refractivity contribution in [2.45, 2.75) is 32.3 Å². The Kier molecular flexibility index (Phi) is 6.09. The van der Waals surface area contributed by atoms with E-state index in [0.29, 0.717) is 35.5 Å². The number of fused-ring (bicyclic) bond motifs is 1. The summed E-state index contributed by atoms with van der Waals surface area (Å²) < 4.78 is 17.1. The number of aromatic nitrogens is 4. The van der Waals surface area contributed by atoms with E-state index in [2.05, 4.69) is 14.3 Å². The van der Waals surface area contributed by atoms with Crippen molar-refractivity contribution in [3.8, 4) is 5.13 Å². The van der Waals surface area contributed by atoms with Crippen molar-refractivity contribution >= 4 is 34.4 Å². The van der Waals surface area contributed by atoms with Crippen LogP contribution in [0.1, 0.15) is 35.2 Å². The molecule has 5 heterocycles. The molecule has 0 saturated carbocycles. The number of hydrogen-bond donors (Lipinski definition) is 1. The highest BCUT2D eigenvalue weighted by Gasteiger charge is 2.30. The summed E-state index contributed by atoms with van der Waals surface area (Å²) >= 11 is 1.10. The molecule has 0 aromatic carbocycles. The molecule has 5 rings (SSSR count). The highest BCUT2D eigenvalue weighted by molar-refractivity contribution is 7.08. The lowest BCUT2D eigenvalue weighted by atomic mass is 10.0. The number of aromatic carboxylic acids is 1. The number of carboxylic acid groups (broad SMARTS) is 1. The van der Waals surface area contributed by atoms with E-state index < -0.39 is 11.4 Å². The molecule has 1 atom stereocenters. The molecule has 174 valence electrons. The second kappa shape index (κ2) is 9.16. The van der Waals surface area contributed by atoms with Crippen LogP contribution in [0, 0.1) is 12.8 Å². The lowest BCUT2D eigenvalue weighted by Gasteiger charge is -2.40. The van der Waals surface area contributed by atoms with Gasteiger partial charge in [-0.2, -0.15) is 4.37 Å². The van der Waals surface area contributed by atoms with E-state index >= 15 is 0 Å². The highest BCUT2D eigenvalue weighted by Crippen LogP contribution is 2.28. The van der Waals surface area contributed by atoms with Crippen LogP contribution >= 0.6 is 11.5 Å². The Labute approximate surface area is 194 Å². The van der Waals surface area contributed by atoms with Gasteiger partial charge >= 0.3 is 5.97 Å². The zero-order valence-corrected chi connectivity index (χ0v) is 19.1. The average molecular weight is 472 g/mol. The smallest absolute Gasteiger partial charge is 0.341 e. The van der Waals surface area contributed by atoms with Crippen molar-refractivity contribution in [3.05, 3.63) is 39.9 Å². The maximum atomic E-state index is 12.9. The maximum Gasteiger partial charge on any atom is 0.341 e. The van der Waals surface area contributed by atoms with E-state index in [4.69, 9.17) is 14.5 Å². The van der Waals surface area contributed by atoms with Crippen molar-refractivity contribution in [2.24, 2.45) is 5.92 Å². The van der Waals surface area contributed by atoms with Crippen LogP contribution in [-0.2, 0) is 9.47 Å². The maximum absolute atomic E-state index is 12.9. The molecule has 1 unspecified atom stereocenters. The first-order chi connectivity index (χ1) is 16.0. The molecule has 1 N–H and O–H groups in total. The number of carbonyl (C=O) groups is 1. The van der Waals surface area contributed by atoms with Gasteiger partial charge in [0, 0.05) is 43.3 Å². The van der Waals surface area contributed by atoms with E-state index in [-0.39, 0.29) is 17.1 Å². The van der Waals surface area contributed by atoms with Crippen LogP contribution in [0.25, 0.3) is 16.2 Å². The van der Waals surface area contributed by atoms with Gasteiger partial charge in [0.1, 0.15) is 17.7 Å². The van der Waals surface area contributed by atoms with Crippen molar-refractivity contribution in [1.82, 2.24) is 18.9 Å². The van der Waals surface area contributed by atoms with Gasteiger partial charge in [0.25, 0.3) is 0 Å². The Morgan fingerprint density at radius 2 is 2.18 bits per heavy atom. The van der Waals surface area contributed by atoms with Crippen LogP contribution in [-0.4, -0.2) is 69.0 Å². The number of nitrogens with zero attached hydrogens (tertiary/aromatic N) is 5. The fraction of sp³-hybridized carbons (Fsp3) is 0.500. The number of anilines is 1. The third kappa shape index (κ3) is 4.35. The Bertz CT molecular complexity index is 1220. The molecule has 2 aliphatic heterocycles. The van der Waals surface area contributed by atoms with E-state index in [1.54, 1.807) is 11.5 Å². The summed E-state index contributed by atoms with van der Waals surface area (Å²) in [5, 5.41) is 10.2. The lowest BCUT2D eigenvalue weighted by Crippen LogP contribution is -2.49. The quantitative estimate of drug-likeness (QED) is 0.553. The Balaban J connectivity index is 1.36. The molecule has 0 bridgehead atoms. The van der Waals surface area contributed by atoms with E-state index in [9.17, 15) is 14.7 Å². The Hall–Kier alpha value is -2.89. The van der Waals surface area contributed by atoms with Gasteiger partial charge in [-0.1, -0.05) is 0 Å². The van der Waals surface area contributed by atoms with Crippen LogP contribution in [0.2, 0.25) is 0 Å². The van der Waals surface area contributed by atoms with Crippen LogP contribution in [0.4, 0.5) is 5.82 Å². The summed E-state index contributed by atoms with van der Waals surface area (Å²) in [6.45, 7) is 5.56. The van der Waals surface area contributed by atoms with Gasteiger partial charge in [-0.05, 0) is 37.8 Å². The minimum Gasteiger partial charge on any atom is -0.477 e. The largest absolute Gasteiger partial charge is 0.477 e. The van der Waals surface area contributed by atoms with Gasteiger partial charge in [0.05, 0.1) is 24.7 Å². The summed E-state index contributed by atoms with van der Waals surface area (Å²) in [5.74, 6) is -0.133. The molecule has 2 saturated heterocycles. The monoisotopic (exact) mass is 471 g/mol. The molecule has 10 nitrogen and oxygen atoms in total. The molecule has 3 aromatic heterocycles. The van der Waals surface area contributed by atoms with Gasteiger partial charge in [-0.15, -0.1) is 0 Å². The van der Waals surface area contributed by atoms with Crippen molar-refractivity contribution in [3.63, 3.8) is 0 Å². The normalized spacial score (nSPS) is 19.1. The van der Waals surface area contributed by atoms with Crippen LogP contribution < -0.4 is 10.3 Å². The summed E-state index contributed by atoms with van der Waals surface area (Å²) in [6.07, 6.45) is 6.29. The Morgan fingerprint density at radius 1 is 1.33 bits per heavy atom. The topological polar surface area (TPSA) is 120 Å². The fourth-order valence-corrected chi connectivity index (χ4v) is 4.89. The summed E-state index contributed by atoms with van der Waals surface area (Å²) in [7, 11) is 0. The number of rotatable bonds is 7. The van der Waals surface area contributed by atoms with E-state index in [0.717, 1.165) is 49.9 Å². The lowest BCUT2D eigenvalue weighted by molar-refractivity contribution is -0.0483. The molecule has 2 fully saturated rings. The molecule has 0 radical (unpaired) electrons. The number of ether oxygens (including phenoxy) is 2. The number of aryl methyl sites for hydroxylation is 1. The molecule has 3 aromatic rings. The zero-order chi connectivity index (χ0) is 22.9. The standard InChI is InChI=1S/C22H25N5O5S/c1-13-6-17(26-7-14(8-26)10-31-11-15-4-2-3-5-32-15)25-20-18(13)19(28)16(21(29)30)9-27(20)22-23-12-24-33-22/h6,9,12,14-15H,2-5,7-8,10-11H2,1H3,(H,29,30). The van der Waals surface area contributed by atoms with Gasteiger partial charge in [-0.25, -0.2) is 14.8 Å². The molecule has 11 heteroatoms. The molecule has 0 spiro atoms. The van der Waals surface area contributed by atoms with Gasteiger partial charge in [0.15, 0.2) is 5.65 Å². The predicted molar refractivity (Wildman–Crippen MR) is 123 cm³/mol. The first kappa shape index (κ1) is 21.9. The second-order valence-corrected chi connectivity index (χ2v) is 9.32. The number of carboxylic acids is 1. The van der Waals surface area contributed by atoms with Gasteiger partial charge < -0.3 is 19.5 Å². The van der Waals surface area contributed by atoms with Crippen molar-refractivity contribution in [2.75, 3.05) is 37.8 Å². The molecule has 33 heavy (non-hydrogen) atoms. The summed E-state index contributed by atoms with van der Waals surface area (Å²) in [6, 6.07) is 1.84. The first-order valence-electron chi connectivity index (χ1n) is 11.0. The van der Waals surface area contributed by atoms with Crippen molar-refractivity contribution < 1.29 is 19.4 Å². The van der Waals surface area contributed by atoms with Crippen LogP contribution in [0.3, 0.4) is 0 Å². The Morgan fingerprint density at radius 3 is 2.88 bits per heavy atom. The number of pyridine rings is 2. The van der Waals surface area contributed by atoms with E-state index in [1.807, 2.05) is 6.07 Å². The molecular weight excluding hydrogens is 446 g/mol. The third-order valence-electron chi connectivity index (χ3n) is 6.14. The fourth-order valence-electron chi connectivity index (χ4n) is 4.38. The SMILES string of the molecule is Cc1cc(N2CC(COCC3CCCCO3)C2)nc2c1c(=O)c(C(=O)O)cn2-c1ncns1.